The average molecular weight is 415 g/mol. The second kappa shape index (κ2) is 17.0. The standard InChI is InChI=1S/C21H38N2O6/c1-2-3-4-5-10-19(25)22-13-16-23(17-18-24,14-8-6-11-20(26)27)15-9-7-12-21(28)29/h2,24H,1,3-18H2,(H2-,22,25,26,27,28,29). The Hall–Kier alpha value is -1.93. The van der Waals surface area contributed by atoms with Gasteiger partial charge in [0, 0.05) is 18.8 Å². The Kier molecular flexibility index (Phi) is 15.8. The van der Waals surface area contributed by atoms with Crippen molar-refractivity contribution in [3.05, 3.63) is 12.7 Å². The van der Waals surface area contributed by atoms with Gasteiger partial charge in [0.15, 0.2) is 0 Å². The second-order valence-corrected chi connectivity index (χ2v) is 7.52. The van der Waals surface area contributed by atoms with E-state index < -0.39 is 11.9 Å². The summed E-state index contributed by atoms with van der Waals surface area (Å²) < 4.78 is 0.542. The predicted molar refractivity (Wildman–Crippen MR) is 109 cm³/mol. The lowest BCUT2D eigenvalue weighted by molar-refractivity contribution is -0.927. The van der Waals surface area contributed by atoms with Gasteiger partial charge in [0.25, 0.3) is 0 Å². The highest BCUT2D eigenvalue weighted by Crippen LogP contribution is 2.13. The third-order valence-corrected chi connectivity index (χ3v) is 5.08. The number of unbranched alkanes of at least 4 members (excludes halogenated alkanes) is 4. The molecule has 8 nitrogen and oxygen atoms in total. The topological polar surface area (TPSA) is 127 Å². The molecule has 0 aromatic rings. The molecule has 0 heterocycles. The lowest BCUT2D eigenvalue weighted by Gasteiger charge is -2.39. The molecule has 0 spiro atoms. The van der Waals surface area contributed by atoms with Crippen LogP contribution >= 0.6 is 0 Å². The first-order chi connectivity index (χ1) is 13.8. The number of nitrogens with one attached hydrogen (secondary N) is 1. The number of carbonyl (C=O) groups is 3. The zero-order valence-electron chi connectivity index (χ0n) is 17.6. The Balaban J connectivity index is 4.65. The fourth-order valence-corrected chi connectivity index (χ4v) is 3.42. The summed E-state index contributed by atoms with van der Waals surface area (Å²) in [6, 6.07) is 0. The molecule has 0 rings (SSSR count). The van der Waals surface area contributed by atoms with Gasteiger partial charge in [-0.25, -0.2) is 0 Å². The Bertz CT molecular complexity index is 474. The smallest absolute Gasteiger partial charge is 0.303 e. The number of aliphatic hydroxyl groups excluding tert-OH is 1. The van der Waals surface area contributed by atoms with E-state index in [1.165, 1.54) is 0 Å². The third kappa shape index (κ3) is 15.6. The lowest BCUT2D eigenvalue weighted by Crippen LogP contribution is -2.54. The van der Waals surface area contributed by atoms with Gasteiger partial charge in [-0.3, -0.25) is 9.59 Å². The summed E-state index contributed by atoms with van der Waals surface area (Å²) in [6.45, 7) is 6.59. The van der Waals surface area contributed by atoms with Crippen molar-refractivity contribution in [2.24, 2.45) is 0 Å². The zero-order valence-corrected chi connectivity index (χ0v) is 17.6. The maximum atomic E-state index is 12.0. The number of aliphatic hydroxyl groups is 1. The lowest BCUT2D eigenvalue weighted by atomic mass is 10.1. The Morgan fingerprint density at radius 2 is 1.52 bits per heavy atom. The largest absolute Gasteiger partial charge is 0.550 e. The minimum Gasteiger partial charge on any atom is -0.550 e. The molecule has 168 valence electrons. The normalized spacial score (nSPS) is 12.9. The number of hydrogen-bond donors (Lipinski definition) is 3. The van der Waals surface area contributed by atoms with Crippen molar-refractivity contribution in [2.75, 3.05) is 39.3 Å². The fourth-order valence-electron chi connectivity index (χ4n) is 3.42. The SMILES string of the molecule is C=CCCCCC(=O)NCC[N+](CCO)(CCCCC(=O)[O-])CCCCC(=O)O. The van der Waals surface area contributed by atoms with Gasteiger partial charge >= 0.3 is 5.97 Å². The summed E-state index contributed by atoms with van der Waals surface area (Å²) in [5, 5.41) is 31.9. The molecule has 0 saturated heterocycles. The molecule has 0 bridgehead atoms. The molecule has 8 heteroatoms. The van der Waals surface area contributed by atoms with Crippen molar-refractivity contribution >= 4 is 17.8 Å². The van der Waals surface area contributed by atoms with Gasteiger partial charge in [-0.1, -0.05) is 6.08 Å². The van der Waals surface area contributed by atoms with E-state index in [1.54, 1.807) is 0 Å². The van der Waals surface area contributed by atoms with Gasteiger partial charge in [0.05, 0.1) is 32.8 Å². The van der Waals surface area contributed by atoms with Crippen molar-refractivity contribution in [3.8, 4) is 0 Å². The highest BCUT2D eigenvalue weighted by atomic mass is 16.4. The van der Waals surface area contributed by atoms with Crippen LogP contribution in [0.1, 0.15) is 64.2 Å². The Labute approximate surface area is 174 Å². The number of amides is 1. The third-order valence-electron chi connectivity index (χ3n) is 5.08. The van der Waals surface area contributed by atoms with Crippen LogP contribution in [0.4, 0.5) is 0 Å². The molecule has 0 aromatic carbocycles. The summed E-state index contributed by atoms with van der Waals surface area (Å²) in [4.78, 5) is 33.4. The van der Waals surface area contributed by atoms with E-state index in [0.717, 1.165) is 19.3 Å². The van der Waals surface area contributed by atoms with E-state index in [2.05, 4.69) is 11.9 Å². The molecule has 0 aliphatic carbocycles. The monoisotopic (exact) mass is 414 g/mol. The van der Waals surface area contributed by atoms with E-state index in [1.807, 2.05) is 6.08 Å². The van der Waals surface area contributed by atoms with Gasteiger partial charge in [-0.2, -0.15) is 0 Å². The first kappa shape index (κ1) is 27.1. The minimum atomic E-state index is -1.07. The molecule has 0 aliphatic heterocycles. The van der Waals surface area contributed by atoms with Crippen LogP contribution in [0, 0.1) is 0 Å². The predicted octanol–water partition coefficient (Wildman–Crippen LogP) is 0.833. The second-order valence-electron chi connectivity index (χ2n) is 7.52. The molecule has 0 radical (unpaired) electrons. The highest BCUT2D eigenvalue weighted by Gasteiger charge is 2.26. The van der Waals surface area contributed by atoms with Crippen LogP contribution in [0.5, 0.6) is 0 Å². The van der Waals surface area contributed by atoms with Crippen molar-refractivity contribution in [2.45, 2.75) is 64.2 Å². The molecular weight excluding hydrogens is 376 g/mol. The summed E-state index contributed by atoms with van der Waals surface area (Å²) in [5.74, 6) is -1.91. The first-order valence-electron chi connectivity index (χ1n) is 10.6. The quantitative estimate of drug-likeness (QED) is 0.154. The number of hydrogen-bond acceptors (Lipinski definition) is 5. The molecular formula is C21H38N2O6. The first-order valence-corrected chi connectivity index (χ1v) is 10.6. The van der Waals surface area contributed by atoms with Crippen LogP contribution in [0.15, 0.2) is 12.7 Å². The Morgan fingerprint density at radius 1 is 0.897 bits per heavy atom. The summed E-state index contributed by atoms with van der Waals surface area (Å²) >= 11 is 0. The van der Waals surface area contributed by atoms with Crippen LogP contribution in [-0.4, -0.2) is 71.9 Å². The molecule has 0 aromatic heterocycles. The van der Waals surface area contributed by atoms with Gasteiger partial charge < -0.3 is 29.9 Å². The number of carboxylic acid groups (broad SMARTS) is 2. The van der Waals surface area contributed by atoms with Gasteiger partial charge in [-0.15, -0.1) is 6.58 Å². The molecule has 0 saturated carbocycles. The average Bonchev–Trinajstić information content (AvgIpc) is 2.66. The highest BCUT2D eigenvalue weighted by molar-refractivity contribution is 5.75. The van der Waals surface area contributed by atoms with Gasteiger partial charge in [0.1, 0.15) is 6.54 Å². The molecule has 1 amide bonds. The number of aliphatic carboxylic acids is 2. The van der Waals surface area contributed by atoms with E-state index in [4.69, 9.17) is 5.11 Å². The van der Waals surface area contributed by atoms with Crippen molar-refractivity contribution < 1.29 is 34.2 Å². The number of rotatable bonds is 20. The Morgan fingerprint density at radius 3 is 2.07 bits per heavy atom. The van der Waals surface area contributed by atoms with E-state index in [0.29, 0.717) is 69.3 Å². The number of nitrogens with zero attached hydrogens (tertiary/aromatic N) is 1. The van der Waals surface area contributed by atoms with Gasteiger partial charge in [0.2, 0.25) is 5.91 Å². The van der Waals surface area contributed by atoms with Crippen LogP contribution in [0.25, 0.3) is 0 Å². The number of carbonyl (C=O) groups excluding carboxylic acids is 2. The summed E-state index contributed by atoms with van der Waals surface area (Å²) in [7, 11) is 0. The van der Waals surface area contributed by atoms with Gasteiger partial charge in [-0.05, 0) is 51.4 Å². The van der Waals surface area contributed by atoms with E-state index >= 15 is 0 Å². The molecule has 3 N–H and O–H groups in total. The van der Waals surface area contributed by atoms with E-state index in [9.17, 15) is 24.6 Å². The van der Waals surface area contributed by atoms with E-state index in [-0.39, 0.29) is 25.4 Å². The van der Waals surface area contributed by atoms with Crippen molar-refractivity contribution in [1.29, 1.82) is 0 Å². The van der Waals surface area contributed by atoms with Crippen molar-refractivity contribution in [1.82, 2.24) is 5.32 Å². The minimum absolute atomic E-state index is 0.000413. The number of quaternary nitrogens is 1. The fraction of sp³-hybridized carbons (Fsp3) is 0.762. The maximum absolute atomic E-state index is 12.0. The van der Waals surface area contributed by atoms with Crippen LogP contribution < -0.4 is 10.4 Å². The number of allylic oxidation sites excluding steroid dienone is 1. The summed E-state index contributed by atoms with van der Waals surface area (Å²) in [5.41, 5.74) is 0. The molecule has 29 heavy (non-hydrogen) atoms. The molecule has 0 fully saturated rings. The molecule has 1 atom stereocenters. The van der Waals surface area contributed by atoms with Crippen LogP contribution in [0.3, 0.4) is 0 Å². The maximum Gasteiger partial charge on any atom is 0.303 e. The zero-order chi connectivity index (χ0) is 22.0. The van der Waals surface area contributed by atoms with Crippen molar-refractivity contribution in [3.63, 3.8) is 0 Å². The number of carboxylic acids is 2. The van der Waals surface area contributed by atoms with Crippen LogP contribution in [0.2, 0.25) is 0 Å². The molecule has 1 unspecified atom stereocenters. The molecule has 0 aliphatic rings. The van der Waals surface area contributed by atoms with Crippen LogP contribution in [-0.2, 0) is 14.4 Å². The summed E-state index contributed by atoms with van der Waals surface area (Å²) in [6.07, 6.45) is 7.47.